The summed E-state index contributed by atoms with van der Waals surface area (Å²) in [5.74, 6) is -0.673. The van der Waals surface area contributed by atoms with E-state index in [0.717, 1.165) is 0 Å². The number of benzene rings is 1. The van der Waals surface area contributed by atoms with Gasteiger partial charge in [0.25, 0.3) is 5.91 Å². The van der Waals surface area contributed by atoms with E-state index < -0.39 is 26.0 Å². The van der Waals surface area contributed by atoms with Crippen LogP contribution in [0, 0.1) is 0 Å². The maximum absolute atomic E-state index is 12.9. The molecule has 2 unspecified atom stereocenters. The highest BCUT2D eigenvalue weighted by atomic mass is 32.2. The molecule has 0 saturated carbocycles. The highest BCUT2D eigenvalue weighted by Crippen LogP contribution is 2.21. The van der Waals surface area contributed by atoms with Crippen molar-refractivity contribution in [3.63, 3.8) is 0 Å². The van der Waals surface area contributed by atoms with Crippen molar-refractivity contribution in [1.29, 1.82) is 0 Å². The second-order valence-electron chi connectivity index (χ2n) is 7.69. The van der Waals surface area contributed by atoms with Crippen LogP contribution in [-0.2, 0) is 29.5 Å². The number of hydrogen-bond donors (Lipinski definition) is 1. The standard InChI is InChI=1S/C19H29N3O7S2/c1-15-13-22(14-16(2)29-15)31(26,27)18-5-3-17(4-6-18)19(23)20-7-12-30(24,25)21-8-10-28-11-9-21/h3-6,15-16H,7-14H2,1-2H3,(H,20,23). The van der Waals surface area contributed by atoms with Crippen molar-refractivity contribution in [3.05, 3.63) is 29.8 Å². The van der Waals surface area contributed by atoms with Gasteiger partial charge in [-0.3, -0.25) is 4.79 Å². The number of morpholine rings is 2. The lowest BCUT2D eigenvalue weighted by Crippen LogP contribution is -2.48. The van der Waals surface area contributed by atoms with Gasteiger partial charge in [-0.1, -0.05) is 0 Å². The Morgan fingerprint density at radius 1 is 1.00 bits per heavy atom. The molecule has 10 nitrogen and oxygen atoms in total. The molecule has 2 atom stereocenters. The van der Waals surface area contributed by atoms with Gasteiger partial charge in [-0.25, -0.2) is 16.8 Å². The van der Waals surface area contributed by atoms with Crippen LogP contribution in [-0.4, -0.2) is 95.3 Å². The average molecular weight is 476 g/mol. The van der Waals surface area contributed by atoms with Crippen molar-refractivity contribution in [2.75, 3.05) is 51.7 Å². The second-order valence-corrected chi connectivity index (χ2v) is 11.7. The molecular formula is C19H29N3O7S2. The Bertz CT molecular complexity index is 964. The Balaban J connectivity index is 1.57. The van der Waals surface area contributed by atoms with Gasteiger partial charge < -0.3 is 14.8 Å². The maximum atomic E-state index is 12.9. The van der Waals surface area contributed by atoms with E-state index in [4.69, 9.17) is 9.47 Å². The molecule has 1 amide bonds. The zero-order valence-electron chi connectivity index (χ0n) is 17.7. The summed E-state index contributed by atoms with van der Waals surface area (Å²) in [4.78, 5) is 12.4. The van der Waals surface area contributed by atoms with Crippen LogP contribution in [0.5, 0.6) is 0 Å². The molecule has 1 N–H and O–H groups in total. The van der Waals surface area contributed by atoms with Crippen LogP contribution >= 0.6 is 0 Å². The topological polar surface area (TPSA) is 122 Å². The molecule has 1 aromatic rings. The largest absolute Gasteiger partial charge is 0.379 e. The van der Waals surface area contributed by atoms with E-state index in [1.165, 1.54) is 32.9 Å². The minimum Gasteiger partial charge on any atom is -0.379 e. The van der Waals surface area contributed by atoms with Crippen LogP contribution in [0.15, 0.2) is 29.2 Å². The van der Waals surface area contributed by atoms with Gasteiger partial charge in [-0.2, -0.15) is 8.61 Å². The van der Waals surface area contributed by atoms with E-state index in [1.54, 1.807) is 0 Å². The number of sulfonamides is 2. The summed E-state index contributed by atoms with van der Waals surface area (Å²) in [6, 6.07) is 5.62. The lowest BCUT2D eigenvalue weighted by atomic mass is 10.2. The van der Waals surface area contributed by atoms with Gasteiger partial charge in [0, 0.05) is 38.3 Å². The van der Waals surface area contributed by atoms with Crippen LogP contribution in [0.1, 0.15) is 24.2 Å². The van der Waals surface area contributed by atoms with Gasteiger partial charge >= 0.3 is 0 Å². The molecule has 0 spiro atoms. The minimum absolute atomic E-state index is 0.0396. The van der Waals surface area contributed by atoms with Crippen molar-refractivity contribution >= 4 is 26.0 Å². The first kappa shape index (κ1) is 24.1. The Kier molecular flexibility index (Phi) is 7.71. The number of carbonyl (C=O) groups is 1. The first-order chi connectivity index (χ1) is 14.6. The monoisotopic (exact) mass is 475 g/mol. The molecule has 2 saturated heterocycles. The number of rotatable bonds is 7. The van der Waals surface area contributed by atoms with Crippen LogP contribution < -0.4 is 5.32 Å². The third-order valence-corrected chi connectivity index (χ3v) is 8.87. The molecule has 2 aliphatic rings. The number of nitrogens with one attached hydrogen (secondary N) is 1. The zero-order chi connectivity index (χ0) is 22.6. The first-order valence-corrected chi connectivity index (χ1v) is 13.2. The summed E-state index contributed by atoms with van der Waals surface area (Å²) in [6.07, 6.45) is -0.394. The van der Waals surface area contributed by atoms with Crippen LogP contribution in [0.2, 0.25) is 0 Å². The van der Waals surface area contributed by atoms with Crippen molar-refractivity contribution in [1.82, 2.24) is 13.9 Å². The molecule has 0 aliphatic carbocycles. The highest BCUT2D eigenvalue weighted by Gasteiger charge is 2.32. The van der Waals surface area contributed by atoms with E-state index in [9.17, 15) is 21.6 Å². The quantitative estimate of drug-likeness (QED) is 0.583. The summed E-state index contributed by atoms with van der Waals surface area (Å²) in [5, 5.41) is 2.57. The van der Waals surface area contributed by atoms with Crippen molar-refractivity contribution < 1.29 is 31.1 Å². The van der Waals surface area contributed by atoms with Gasteiger partial charge in [0.2, 0.25) is 20.0 Å². The molecule has 12 heteroatoms. The fraction of sp³-hybridized carbons (Fsp3) is 0.632. The zero-order valence-corrected chi connectivity index (χ0v) is 19.3. The number of carbonyl (C=O) groups excluding carboxylic acids is 1. The summed E-state index contributed by atoms with van der Waals surface area (Å²) < 4.78 is 63.8. The van der Waals surface area contributed by atoms with Gasteiger partial charge in [-0.05, 0) is 38.1 Å². The fourth-order valence-corrected chi connectivity index (χ4v) is 6.52. The molecule has 2 aliphatic heterocycles. The molecule has 174 valence electrons. The van der Waals surface area contributed by atoms with E-state index in [0.29, 0.717) is 26.3 Å². The van der Waals surface area contributed by atoms with Gasteiger partial charge in [0.1, 0.15) is 0 Å². The van der Waals surface area contributed by atoms with Gasteiger partial charge in [0.05, 0.1) is 36.1 Å². The molecule has 1 aromatic carbocycles. The lowest BCUT2D eigenvalue weighted by molar-refractivity contribution is -0.0440. The second kappa shape index (κ2) is 9.92. The van der Waals surface area contributed by atoms with Crippen molar-refractivity contribution in [3.8, 4) is 0 Å². The minimum atomic E-state index is -3.69. The smallest absolute Gasteiger partial charge is 0.251 e. The van der Waals surface area contributed by atoms with Crippen LogP contribution in [0.4, 0.5) is 0 Å². The molecule has 0 radical (unpaired) electrons. The molecule has 31 heavy (non-hydrogen) atoms. The van der Waals surface area contributed by atoms with Gasteiger partial charge in [-0.15, -0.1) is 0 Å². The number of hydrogen-bond acceptors (Lipinski definition) is 7. The summed E-state index contributed by atoms with van der Waals surface area (Å²) in [6.45, 7) is 5.50. The molecule has 0 bridgehead atoms. The average Bonchev–Trinajstić information content (AvgIpc) is 2.73. The van der Waals surface area contributed by atoms with E-state index in [1.807, 2.05) is 13.8 Å². The number of ether oxygens (including phenoxy) is 2. The highest BCUT2D eigenvalue weighted by molar-refractivity contribution is 7.89. The molecule has 3 rings (SSSR count). The fourth-order valence-electron chi connectivity index (χ4n) is 3.60. The Labute approximate surface area is 183 Å². The Morgan fingerprint density at radius 3 is 2.16 bits per heavy atom. The van der Waals surface area contributed by atoms with Crippen LogP contribution in [0.25, 0.3) is 0 Å². The van der Waals surface area contributed by atoms with E-state index in [2.05, 4.69) is 5.32 Å². The van der Waals surface area contributed by atoms with Crippen LogP contribution in [0.3, 0.4) is 0 Å². The SMILES string of the molecule is CC1CN(S(=O)(=O)c2ccc(C(=O)NCCS(=O)(=O)N3CCOCC3)cc2)CC(C)O1. The third-order valence-electron chi connectivity index (χ3n) is 5.15. The van der Waals surface area contributed by atoms with Gasteiger partial charge in [0.15, 0.2) is 0 Å². The predicted octanol–water partition coefficient (Wildman–Crippen LogP) is -0.124. The molecule has 0 aromatic heterocycles. The van der Waals surface area contributed by atoms with E-state index >= 15 is 0 Å². The predicted molar refractivity (Wildman–Crippen MR) is 114 cm³/mol. The summed E-state index contributed by atoms with van der Waals surface area (Å²) >= 11 is 0. The third kappa shape index (κ3) is 6.02. The lowest BCUT2D eigenvalue weighted by Gasteiger charge is -2.34. The van der Waals surface area contributed by atoms with Crippen molar-refractivity contribution in [2.24, 2.45) is 0 Å². The molecule has 2 fully saturated rings. The van der Waals surface area contributed by atoms with E-state index in [-0.39, 0.29) is 48.1 Å². The molecular weight excluding hydrogens is 446 g/mol. The van der Waals surface area contributed by atoms with Crippen molar-refractivity contribution in [2.45, 2.75) is 31.0 Å². The normalized spacial score (nSPS) is 24.1. The Hall–Kier alpha value is -1.57. The summed E-state index contributed by atoms with van der Waals surface area (Å²) in [5.41, 5.74) is 0.256. The number of amides is 1. The first-order valence-electron chi connectivity index (χ1n) is 10.2. The summed E-state index contributed by atoms with van der Waals surface area (Å²) in [7, 11) is -7.16. The Morgan fingerprint density at radius 2 is 1.58 bits per heavy atom. The molecule has 2 heterocycles. The number of nitrogens with zero attached hydrogens (tertiary/aromatic N) is 2. The maximum Gasteiger partial charge on any atom is 0.251 e.